The number of nitrogen functional groups attached to an aromatic ring is 1. The van der Waals surface area contributed by atoms with Crippen LogP contribution in [0.15, 0.2) is 36.8 Å². The number of ether oxygens (including phenoxy) is 1. The van der Waals surface area contributed by atoms with E-state index >= 15 is 0 Å². The van der Waals surface area contributed by atoms with E-state index in [1.54, 1.807) is 31.8 Å². The van der Waals surface area contributed by atoms with Crippen molar-refractivity contribution in [1.29, 1.82) is 0 Å². The maximum Gasteiger partial charge on any atom is 0.137 e. The summed E-state index contributed by atoms with van der Waals surface area (Å²) in [6.07, 6.45) is 5.05. The van der Waals surface area contributed by atoms with Crippen LogP contribution < -0.4 is 10.5 Å². The summed E-state index contributed by atoms with van der Waals surface area (Å²) in [5.74, 6) is 0.692. The highest BCUT2D eigenvalue weighted by molar-refractivity contribution is 5.72. The van der Waals surface area contributed by atoms with Gasteiger partial charge in [0, 0.05) is 18.0 Å². The molecule has 0 aromatic carbocycles. The minimum absolute atomic E-state index is 0.632. The summed E-state index contributed by atoms with van der Waals surface area (Å²) in [5.41, 5.74) is 8.02. The molecule has 0 fully saturated rings. The highest BCUT2D eigenvalue weighted by atomic mass is 16.5. The number of nitrogens with two attached hydrogens (primary N) is 1. The second-order valence-electron chi connectivity index (χ2n) is 3.05. The van der Waals surface area contributed by atoms with Crippen molar-refractivity contribution in [3.63, 3.8) is 0 Å². The molecule has 2 aromatic rings. The van der Waals surface area contributed by atoms with Crippen molar-refractivity contribution in [1.82, 2.24) is 9.97 Å². The van der Waals surface area contributed by atoms with Crippen LogP contribution in [0.4, 0.5) is 5.69 Å². The summed E-state index contributed by atoms with van der Waals surface area (Å²) in [6.45, 7) is 0. The Bertz CT molecular complexity index is 471. The number of nitrogens with zero attached hydrogens (tertiary/aromatic N) is 2. The predicted octanol–water partition coefficient (Wildman–Crippen LogP) is 1.73. The van der Waals surface area contributed by atoms with Crippen LogP contribution in [0.3, 0.4) is 0 Å². The van der Waals surface area contributed by atoms with Crippen LogP contribution in [0.1, 0.15) is 0 Å². The first-order valence-corrected chi connectivity index (χ1v) is 4.51. The Morgan fingerprint density at radius 3 is 2.93 bits per heavy atom. The summed E-state index contributed by atoms with van der Waals surface area (Å²) < 4.78 is 5.09. The monoisotopic (exact) mass is 201 g/mol. The van der Waals surface area contributed by atoms with E-state index in [1.165, 1.54) is 0 Å². The van der Waals surface area contributed by atoms with E-state index < -0.39 is 0 Å². The van der Waals surface area contributed by atoms with Gasteiger partial charge in [0.05, 0.1) is 24.7 Å². The lowest BCUT2D eigenvalue weighted by Gasteiger charge is -2.05. The molecule has 0 radical (unpaired) electrons. The van der Waals surface area contributed by atoms with Crippen molar-refractivity contribution in [2.75, 3.05) is 12.8 Å². The molecule has 76 valence electrons. The molecule has 0 saturated heterocycles. The number of methoxy groups -OCH3 is 1. The number of hydrogen-bond acceptors (Lipinski definition) is 4. The van der Waals surface area contributed by atoms with Gasteiger partial charge >= 0.3 is 0 Å². The zero-order valence-corrected chi connectivity index (χ0v) is 8.34. The van der Waals surface area contributed by atoms with Crippen LogP contribution in [0.2, 0.25) is 0 Å². The van der Waals surface area contributed by atoms with Crippen LogP contribution in [-0.4, -0.2) is 17.1 Å². The Kier molecular flexibility index (Phi) is 2.49. The number of rotatable bonds is 2. The Balaban J connectivity index is 2.49. The average molecular weight is 201 g/mol. The first-order chi connectivity index (χ1) is 7.31. The first-order valence-electron chi connectivity index (χ1n) is 4.51. The molecule has 4 nitrogen and oxygen atoms in total. The third kappa shape index (κ3) is 1.88. The van der Waals surface area contributed by atoms with Crippen molar-refractivity contribution in [3.8, 4) is 17.0 Å². The lowest BCUT2D eigenvalue weighted by Crippen LogP contribution is -1.93. The fourth-order valence-corrected chi connectivity index (χ4v) is 1.32. The van der Waals surface area contributed by atoms with Gasteiger partial charge in [0.25, 0.3) is 0 Å². The van der Waals surface area contributed by atoms with E-state index in [0.29, 0.717) is 11.4 Å². The number of pyridine rings is 2. The summed E-state index contributed by atoms with van der Waals surface area (Å²) >= 11 is 0. The standard InChI is InChI=1S/C11H11N3O/c1-15-9-5-8(6-13-7-9)11-10(12)3-2-4-14-11/h2-7H,12H2,1H3. The largest absolute Gasteiger partial charge is 0.495 e. The molecule has 2 rings (SSSR count). The van der Waals surface area contributed by atoms with Crippen LogP contribution in [0.25, 0.3) is 11.3 Å². The molecule has 0 aliphatic rings. The maximum atomic E-state index is 5.81. The molecule has 2 heterocycles. The van der Waals surface area contributed by atoms with E-state index in [1.807, 2.05) is 12.1 Å². The molecule has 0 spiro atoms. The Hall–Kier alpha value is -2.10. The highest BCUT2D eigenvalue weighted by Gasteiger charge is 2.04. The molecule has 4 heteroatoms. The zero-order valence-electron chi connectivity index (χ0n) is 8.34. The molecule has 2 N–H and O–H groups in total. The second-order valence-corrected chi connectivity index (χ2v) is 3.05. The minimum atomic E-state index is 0.632. The quantitative estimate of drug-likeness (QED) is 0.803. The number of hydrogen-bond donors (Lipinski definition) is 1. The van der Waals surface area contributed by atoms with Gasteiger partial charge in [-0.2, -0.15) is 0 Å². The highest BCUT2D eigenvalue weighted by Crippen LogP contribution is 2.24. The van der Waals surface area contributed by atoms with Crippen LogP contribution >= 0.6 is 0 Å². The topological polar surface area (TPSA) is 61.0 Å². The first kappa shape index (κ1) is 9.45. The maximum absolute atomic E-state index is 5.81. The molecular weight excluding hydrogens is 190 g/mol. The van der Waals surface area contributed by atoms with Gasteiger partial charge in [0.1, 0.15) is 5.75 Å². The average Bonchev–Trinajstić information content (AvgIpc) is 2.30. The molecule has 0 aliphatic heterocycles. The minimum Gasteiger partial charge on any atom is -0.495 e. The van der Waals surface area contributed by atoms with Crippen molar-refractivity contribution in [2.45, 2.75) is 0 Å². The van der Waals surface area contributed by atoms with Gasteiger partial charge in [-0.3, -0.25) is 9.97 Å². The number of anilines is 1. The summed E-state index contributed by atoms with van der Waals surface area (Å²) in [6, 6.07) is 5.46. The van der Waals surface area contributed by atoms with E-state index in [4.69, 9.17) is 10.5 Å². The molecule has 0 saturated carbocycles. The van der Waals surface area contributed by atoms with Crippen LogP contribution in [0, 0.1) is 0 Å². The van der Waals surface area contributed by atoms with Crippen LogP contribution in [0.5, 0.6) is 5.75 Å². The van der Waals surface area contributed by atoms with Crippen LogP contribution in [-0.2, 0) is 0 Å². The van der Waals surface area contributed by atoms with Gasteiger partial charge in [0.15, 0.2) is 0 Å². The van der Waals surface area contributed by atoms with Gasteiger partial charge in [-0.15, -0.1) is 0 Å². The van der Waals surface area contributed by atoms with E-state index in [-0.39, 0.29) is 0 Å². The predicted molar refractivity (Wildman–Crippen MR) is 58.4 cm³/mol. The SMILES string of the molecule is COc1cncc(-c2ncccc2N)c1. The molecule has 15 heavy (non-hydrogen) atoms. The lowest BCUT2D eigenvalue weighted by atomic mass is 10.1. The fraction of sp³-hybridized carbons (Fsp3) is 0.0909. The molecular formula is C11H11N3O. The number of aromatic nitrogens is 2. The van der Waals surface area contributed by atoms with Gasteiger partial charge in [0.2, 0.25) is 0 Å². The Morgan fingerprint density at radius 2 is 2.20 bits per heavy atom. The van der Waals surface area contributed by atoms with E-state index in [2.05, 4.69) is 9.97 Å². The Labute approximate surface area is 87.7 Å². The molecule has 0 aliphatic carbocycles. The van der Waals surface area contributed by atoms with Crippen molar-refractivity contribution in [2.24, 2.45) is 0 Å². The molecule has 0 atom stereocenters. The summed E-state index contributed by atoms with van der Waals surface area (Å²) in [5, 5.41) is 0. The molecule has 2 aromatic heterocycles. The van der Waals surface area contributed by atoms with Gasteiger partial charge in [-0.1, -0.05) is 0 Å². The third-order valence-corrected chi connectivity index (χ3v) is 2.06. The molecule has 0 amide bonds. The normalized spacial score (nSPS) is 9.93. The summed E-state index contributed by atoms with van der Waals surface area (Å²) in [7, 11) is 1.60. The second kappa shape index (κ2) is 3.96. The Morgan fingerprint density at radius 1 is 1.33 bits per heavy atom. The van der Waals surface area contributed by atoms with E-state index in [9.17, 15) is 0 Å². The van der Waals surface area contributed by atoms with Crippen molar-refractivity contribution < 1.29 is 4.74 Å². The lowest BCUT2D eigenvalue weighted by molar-refractivity contribution is 0.413. The molecule has 0 bridgehead atoms. The summed E-state index contributed by atoms with van der Waals surface area (Å²) in [4.78, 5) is 8.26. The zero-order chi connectivity index (χ0) is 10.7. The van der Waals surface area contributed by atoms with Gasteiger partial charge in [-0.05, 0) is 18.2 Å². The fourth-order valence-electron chi connectivity index (χ4n) is 1.32. The van der Waals surface area contributed by atoms with E-state index in [0.717, 1.165) is 11.3 Å². The van der Waals surface area contributed by atoms with Gasteiger partial charge in [-0.25, -0.2) is 0 Å². The third-order valence-electron chi connectivity index (χ3n) is 2.06. The molecule has 0 unspecified atom stereocenters. The smallest absolute Gasteiger partial charge is 0.137 e. The van der Waals surface area contributed by atoms with Crippen molar-refractivity contribution >= 4 is 5.69 Å². The van der Waals surface area contributed by atoms with Gasteiger partial charge < -0.3 is 10.5 Å². The van der Waals surface area contributed by atoms with Crippen molar-refractivity contribution in [3.05, 3.63) is 36.8 Å².